The zero-order valence-corrected chi connectivity index (χ0v) is 19.6. The van der Waals surface area contributed by atoms with E-state index in [1.807, 2.05) is 13.0 Å². The molecule has 3 heterocycles. The van der Waals surface area contributed by atoms with Crippen LogP contribution in [-0.4, -0.2) is 54.0 Å². The topological polar surface area (TPSA) is 83.5 Å². The van der Waals surface area contributed by atoms with E-state index in [4.69, 9.17) is 23.7 Å². The van der Waals surface area contributed by atoms with Gasteiger partial charge in [0.2, 0.25) is 0 Å². The van der Waals surface area contributed by atoms with Crippen molar-refractivity contribution >= 4 is 28.4 Å². The number of hydrogen-bond donors (Lipinski definition) is 1. The summed E-state index contributed by atoms with van der Waals surface area (Å²) in [4.78, 5) is 13.6. The van der Waals surface area contributed by atoms with Crippen LogP contribution in [0.3, 0.4) is 0 Å². The quantitative estimate of drug-likeness (QED) is 0.473. The van der Waals surface area contributed by atoms with Gasteiger partial charge in [-0.1, -0.05) is 22.6 Å². The average Bonchev–Trinajstić information content (AvgIpc) is 3.23. The summed E-state index contributed by atoms with van der Waals surface area (Å²) in [5.41, 5.74) is 2.16. The van der Waals surface area contributed by atoms with Gasteiger partial charge in [0.25, 0.3) is 0 Å². The average molecular weight is 538 g/mol. The highest BCUT2D eigenvalue weighted by Gasteiger charge is 2.47. The first-order valence-electron chi connectivity index (χ1n) is 10.1. The smallest absolute Gasteiger partial charge is 0.178 e. The number of aliphatic hydroxyl groups is 1. The number of benzene rings is 2. The van der Waals surface area contributed by atoms with Crippen molar-refractivity contribution in [3.8, 4) is 28.7 Å². The first-order valence-corrected chi connectivity index (χ1v) is 11.2. The minimum Gasteiger partial charge on any atom is -0.493 e. The van der Waals surface area contributed by atoms with E-state index in [1.165, 1.54) is 0 Å². The van der Waals surface area contributed by atoms with E-state index in [2.05, 4.69) is 22.6 Å². The second kappa shape index (κ2) is 7.44. The molecule has 5 rings (SSSR count). The Bertz CT molecular complexity index is 1060. The maximum atomic E-state index is 13.6. The molecule has 0 amide bonds. The number of aliphatic hydroxyl groups excluding tert-OH is 1. The summed E-state index contributed by atoms with van der Waals surface area (Å²) in [5, 5.41) is 9.73. The van der Waals surface area contributed by atoms with Crippen LogP contribution in [0.2, 0.25) is 0 Å². The van der Waals surface area contributed by atoms with Crippen molar-refractivity contribution in [2.24, 2.45) is 0 Å². The third-order valence-electron chi connectivity index (χ3n) is 6.30. The van der Waals surface area contributed by atoms with Gasteiger partial charge < -0.3 is 28.8 Å². The van der Waals surface area contributed by atoms with Crippen LogP contribution < -0.4 is 23.7 Å². The Balaban J connectivity index is 1.55. The molecule has 0 bridgehead atoms. The number of Topliss-reactive ketones (excluding diaryl/α,β-unsaturated/α-hetero) is 1. The van der Waals surface area contributed by atoms with Crippen LogP contribution in [0.15, 0.2) is 24.3 Å². The molecule has 3 aliphatic rings. The molecule has 0 aliphatic carbocycles. The molecule has 2 aromatic rings. The van der Waals surface area contributed by atoms with Gasteiger partial charge in [-0.3, -0.25) is 4.79 Å². The molecule has 4 atom stereocenters. The highest BCUT2D eigenvalue weighted by Crippen LogP contribution is 2.50. The highest BCUT2D eigenvalue weighted by atomic mass is 127. The molecule has 31 heavy (non-hydrogen) atoms. The van der Waals surface area contributed by atoms with Crippen molar-refractivity contribution < 1.29 is 33.6 Å². The van der Waals surface area contributed by atoms with Gasteiger partial charge in [-0.2, -0.15) is 0 Å². The standard InChI is InChI=1S/C23H23IO7/c1-23(24,10-25)19-7-13-14(30-19)5-4-11-21(26)20-12-6-16(27-2)17(28-3)8-15(12)29-9-18(20)31-22(11)13/h4-6,8,18-20,25H,7,9-10H2,1-3H3/t18-,19-,20+,23+/m1/s1. The number of carbonyl (C=O) groups is 1. The van der Waals surface area contributed by atoms with E-state index < -0.39 is 15.4 Å². The summed E-state index contributed by atoms with van der Waals surface area (Å²) < 4.78 is 28.8. The normalized spacial score (nSPS) is 24.9. The molecule has 0 saturated heterocycles. The van der Waals surface area contributed by atoms with Crippen LogP contribution in [0.1, 0.15) is 34.3 Å². The van der Waals surface area contributed by atoms with Gasteiger partial charge in [0.15, 0.2) is 17.3 Å². The maximum absolute atomic E-state index is 13.6. The first-order chi connectivity index (χ1) is 14.9. The molecular formula is C23H23IO7. The molecule has 0 radical (unpaired) electrons. The number of fused-ring (bicyclic) bond motifs is 6. The molecule has 0 saturated carbocycles. The predicted molar refractivity (Wildman–Crippen MR) is 121 cm³/mol. The van der Waals surface area contributed by atoms with Crippen molar-refractivity contribution in [2.45, 2.75) is 34.9 Å². The summed E-state index contributed by atoms with van der Waals surface area (Å²) in [6.45, 7) is 2.20. The number of alkyl halides is 1. The monoisotopic (exact) mass is 538 g/mol. The van der Waals surface area contributed by atoms with Crippen LogP contribution in [0, 0.1) is 0 Å². The van der Waals surface area contributed by atoms with Crippen molar-refractivity contribution in [3.63, 3.8) is 0 Å². The predicted octanol–water partition coefficient (Wildman–Crippen LogP) is 3.31. The third kappa shape index (κ3) is 3.14. The summed E-state index contributed by atoms with van der Waals surface area (Å²) in [6, 6.07) is 7.15. The van der Waals surface area contributed by atoms with Crippen LogP contribution in [-0.2, 0) is 6.42 Å². The number of ketones is 1. The fourth-order valence-electron chi connectivity index (χ4n) is 4.50. The van der Waals surface area contributed by atoms with E-state index in [0.29, 0.717) is 40.7 Å². The lowest BCUT2D eigenvalue weighted by atomic mass is 9.81. The van der Waals surface area contributed by atoms with Crippen LogP contribution in [0.4, 0.5) is 0 Å². The Labute approximate surface area is 193 Å². The van der Waals surface area contributed by atoms with E-state index >= 15 is 0 Å². The fraction of sp³-hybridized carbons (Fsp3) is 0.435. The van der Waals surface area contributed by atoms with Crippen molar-refractivity contribution in [2.75, 3.05) is 27.4 Å². The van der Waals surface area contributed by atoms with Gasteiger partial charge in [0, 0.05) is 23.6 Å². The molecule has 3 aliphatic heterocycles. The van der Waals surface area contributed by atoms with Gasteiger partial charge in [-0.15, -0.1) is 0 Å². The number of methoxy groups -OCH3 is 2. The fourth-order valence-corrected chi connectivity index (χ4v) is 4.85. The number of halogens is 1. The minimum absolute atomic E-state index is 0.00515. The van der Waals surface area contributed by atoms with Crippen molar-refractivity contribution in [1.29, 1.82) is 0 Å². The lowest BCUT2D eigenvalue weighted by Gasteiger charge is -2.37. The Kier molecular flexibility index (Phi) is 4.97. The summed E-state index contributed by atoms with van der Waals surface area (Å²) >= 11 is 2.22. The van der Waals surface area contributed by atoms with Crippen LogP contribution in [0.25, 0.3) is 0 Å². The van der Waals surface area contributed by atoms with E-state index in [1.54, 1.807) is 32.4 Å². The van der Waals surface area contributed by atoms with Gasteiger partial charge in [0.05, 0.1) is 35.7 Å². The van der Waals surface area contributed by atoms with Gasteiger partial charge in [-0.25, -0.2) is 0 Å². The molecule has 164 valence electrons. The molecule has 7 nitrogen and oxygen atoms in total. The van der Waals surface area contributed by atoms with Crippen molar-refractivity contribution in [1.82, 2.24) is 0 Å². The zero-order valence-electron chi connectivity index (χ0n) is 17.4. The van der Waals surface area contributed by atoms with E-state index in [0.717, 1.165) is 11.1 Å². The molecule has 1 N–H and O–H groups in total. The Morgan fingerprint density at radius 3 is 2.61 bits per heavy atom. The molecule has 0 unspecified atom stereocenters. The number of hydrogen-bond acceptors (Lipinski definition) is 7. The van der Waals surface area contributed by atoms with E-state index in [-0.39, 0.29) is 25.1 Å². The lowest BCUT2D eigenvalue weighted by Crippen LogP contribution is -2.43. The van der Waals surface area contributed by atoms with Crippen LogP contribution in [0.5, 0.6) is 28.7 Å². The minimum atomic E-state index is -0.487. The molecule has 2 aromatic carbocycles. The molecule has 0 spiro atoms. The third-order valence-corrected chi connectivity index (χ3v) is 7.34. The molecule has 0 aromatic heterocycles. The summed E-state index contributed by atoms with van der Waals surface area (Å²) in [5.74, 6) is 2.48. The lowest BCUT2D eigenvalue weighted by molar-refractivity contribution is 0.0554. The van der Waals surface area contributed by atoms with Gasteiger partial charge in [-0.05, 0) is 25.1 Å². The first kappa shape index (κ1) is 20.7. The number of rotatable bonds is 4. The largest absolute Gasteiger partial charge is 0.493 e. The Hall–Kier alpha value is -2.20. The van der Waals surface area contributed by atoms with Crippen LogP contribution >= 0.6 is 22.6 Å². The molecular weight excluding hydrogens is 515 g/mol. The Morgan fingerprint density at radius 1 is 1.16 bits per heavy atom. The molecule has 0 fully saturated rings. The zero-order chi connectivity index (χ0) is 21.9. The van der Waals surface area contributed by atoms with Crippen molar-refractivity contribution in [3.05, 3.63) is 41.0 Å². The number of ether oxygens (including phenoxy) is 5. The highest BCUT2D eigenvalue weighted by molar-refractivity contribution is 14.1. The maximum Gasteiger partial charge on any atom is 0.178 e. The Morgan fingerprint density at radius 2 is 1.90 bits per heavy atom. The van der Waals surface area contributed by atoms with E-state index in [9.17, 15) is 9.90 Å². The number of carbonyl (C=O) groups excluding carboxylic acids is 1. The van der Waals surface area contributed by atoms with Gasteiger partial charge >= 0.3 is 0 Å². The molecule has 8 heteroatoms. The second-order valence-electron chi connectivity index (χ2n) is 8.22. The summed E-state index contributed by atoms with van der Waals surface area (Å²) in [6.07, 6.45) is -0.0675. The SMILES string of the molecule is COc1cc2c(cc1OC)[C@@H]1C(=O)c3ccc4c(c3O[C@@H]1CO2)C[C@H]([C@@](C)(I)CO)O4. The van der Waals surface area contributed by atoms with Gasteiger partial charge in [0.1, 0.15) is 36.1 Å². The summed E-state index contributed by atoms with van der Waals surface area (Å²) in [7, 11) is 3.13. The second-order valence-corrected chi connectivity index (χ2v) is 10.7.